The molecule has 0 unspecified atom stereocenters. The van der Waals surface area contributed by atoms with E-state index in [0.717, 1.165) is 0 Å². The minimum absolute atomic E-state index is 0.0361. The van der Waals surface area contributed by atoms with Gasteiger partial charge < -0.3 is 79.9 Å². The lowest BCUT2D eigenvalue weighted by Crippen LogP contribution is -2.65. The minimum Gasteiger partial charge on any atom is -0.388 e. The summed E-state index contributed by atoms with van der Waals surface area (Å²) in [5.74, 6) is -1.02. The lowest BCUT2D eigenvalue weighted by molar-refractivity contribution is -0.219. The fraction of sp³-hybridized carbons (Fsp3) is 0.793. The van der Waals surface area contributed by atoms with E-state index in [-0.39, 0.29) is 50.2 Å². The molecule has 22 heteroatoms. The molecule has 0 radical (unpaired) electrons. The zero-order chi connectivity index (χ0) is 38.5. The van der Waals surface area contributed by atoms with Gasteiger partial charge in [-0.05, 0) is 6.92 Å². The monoisotopic (exact) mass is 731 g/mol. The molecule has 0 spiro atoms. The molecular formula is C29H41N5O17. The Kier molecular flexibility index (Phi) is 13.7. The van der Waals surface area contributed by atoms with Crippen molar-refractivity contribution in [3.63, 3.8) is 0 Å². The van der Waals surface area contributed by atoms with Gasteiger partial charge in [0.25, 0.3) is 0 Å². The predicted octanol–water partition coefficient (Wildman–Crippen LogP) is -6.11. The van der Waals surface area contributed by atoms with Crippen LogP contribution in [0.25, 0.3) is 4.85 Å². The maximum Gasteiger partial charge on any atom is 0.373 e. The van der Waals surface area contributed by atoms with Crippen LogP contribution in [0.2, 0.25) is 0 Å². The first-order valence-corrected chi connectivity index (χ1v) is 15.4. The van der Waals surface area contributed by atoms with Crippen molar-refractivity contribution < 1.29 is 83.0 Å². The molecule has 51 heavy (non-hydrogen) atoms. The second-order valence-corrected chi connectivity index (χ2v) is 12.7. The highest BCUT2D eigenvalue weighted by Crippen LogP contribution is 2.38. The van der Waals surface area contributed by atoms with Crippen molar-refractivity contribution in [2.45, 2.75) is 118 Å². The third-order valence-corrected chi connectivity index (χ3v) is 8.79. The maximum absolute atomic E-state index is 11.0. The molecule has 15 atom stereocenters. The van der Waals surface area contributed by atoms with Crippen LogP contribution in [0.5, 0.6) is 0 Å². The molecule has 284 valence electrons. The zero-order valence-electron chi connectivity index (χ0n) is 27.8. The molecule has 0 aromatic heterocycles. The van der Waals surface area contributed by atoms with Crippen LogP contribution < -0.4 is 16.0 Å². The van der Waals surface area contributed by atoms with Crippen molar-refractivity contribution in [1.82, 2.24) is 16.0 Å². The van der Waals surface area contributed by atoms with Crippen molar-refractivity contribution >= 4 is 23.9 Å². The quantitative estimate of drug-likeness (QED) is 0.121. The largest absolute Gasteiger partial charge is 0.388 e. The van der Waals surface area contributed by atoms with Gasteiger partial charge in [0.15, 0.2) is 24.5 Å². The van der Waals surface area contributed by atoms with Gasteiger partial charge in [-0.15, -0.1) is 0 Å². The average molecular weight is 732 g/mol. The SMILES string of the molecule is CC(=O)N[C@H]1[C@H]2OC[C@](C#N)(O2)[C@H](O)[C@@H]1O.CC(=O)N[C@H]1[C@H]2OC[C@](C)(O2)[C@H](O)[C@@H]1O.O=C=O.[C-]#[N+]C[C@@]12CO[C@@H](O1)[C@H](NC(C)=O)[C@@H](O)[C@H]2O. The number of aliphatic hydroxyl groups excluding tert-OH is 6. The number of fused-ring (bicyclic) bond motifs is 6. The highest BCUT2D eigenvalue weighted by Gasteiger charge is 2.62. The number of amides is 3. The van der Waals surface area contributed by atoms with E-state index in [0.29, 0.717) is 0 Å². The van der Waals surface area contributed by atoms with E-state index in [1.54, 1.807) is 13.0 Å². The molecule has 9 N–H and O–H groups in total. The Balaban J connectivity index is 0.000000199. The van der Waals surface area contributed by atoms with Gasteiger partial charge in [0.2, 0.25) is 29.9 Å². The van der Waals surface area contributed by atoms with E-state index in [4.69, 9.17) is 49.8 Å². The normalized spacial score (nSPS) is 43.8. The summed E-state index contributed by atoms with van der Waals surface area (Å²) < 4.78 is 31.8. The predicted molar refractivity (Wildman–Crippen MR) is 157 cm³/mol. The van der Waals surface area contributed by atoms with Crippen molar-refractivity contribution in [3.05, 3.63) is 11.4 Å². The summed E-state index contributed by atoms with van der Waals surface area (Å²) >= 11 is 0. The molecule has 6 fully saturated rings. The lowest BCUT2D eigenvalue weighted by atomic mass is 9.88. The number of hydrogen-bond donors (Lipinski definition) is 9. The van der Waals surface area contributed by atoms with Crippen LogP contribution in [0.1, 0.15) is 27.7 Å². The summed E-state index contributed by atoms with van der Waals surface area (Å²) in [6, 6.07) is -0.602. The van der Waals surface area contributed by atoms with Crippen LogP contribution in [0.4, 0.5) is 0 Å². The molecule has 0 saturated carbocycles. The van der Waals surface area contributed by atoms with Gasteiger partial charge in [0.1, 0.15) is 66.4 Å². The van der Waals surface area contributed by atoms with Gasteiger partial charge in [-0.25, -0.2) is 6.57 Å². The molecule has 6 bridgehead atoms. The molecule has 6 aliphatic rings. The van der Waals surface area contributed by atoms with E-state index < -0.39 is 90.4 Å². The van der Waals surface area contributed by atoms with Crippen LogP contribution >= 0.6 is 0 Å². The van der Waals surface area contributed by atoms with E-state index in [1.165, 1.54) is 20.8 Å². The van der Waals surface area contributed by atoms with Gasteiger partial charge in [-0.2, -0.15) is 14.9 Å². The Morgan fingerprint density at radius 2 is 1.14 bits per heavy atom. The number of nitrogens with one attached hydrogen (secondary N) is 3. The van der Waals surface area contributed by atoms with Crippen molar-refractivity contribution in [2.75, 3.05) is 26.4 Å². The van der Waals surface area contributed by atoms with Crippen molar-refractivity contribution in [2.24, 2.45) is 0 Å². The molecule has 22 nitrogen and oxygen atoms in total. The summed E-state index contributed by atoms with van der Waals surface area (Å²) in [7, 11) is 0. The average Bonchev–Trinajstić information content (AvgIpc) is 3.78. The molecule has 0 aliphatic carbocycles. The summed E-state index contributed by atoms with van der Waals surface area (Å²) in [4.78, 5) is 52.2. The fourth-order valence-corrected chi connectivity index (χ4v) is 6.20. The van der Waals surface area contributed by atoms with E-state index in [1.807, 2.05) is 0 Å². The summed E-state index contributed by atoms with van der Waals surface area (Å²) in [5, 5.41) is 75.4. The Bertz CT molecular complexity index is 1400. The van der Waals surface area contributed by atoms with Crippen LogP contribution in [0.15, 0.2) is 0 Å². The first-order valence-electron chi connectivity index (χ1n) is 15.4. The molecule has 3 amide bonds. The van der Waals surface area contributed by atoms with Gasteiger partial charge in [0, 0.05) is 20.8 Å². The summed E-state index contributed by atoms with van der Waals surface area (Å²) in [5.41, 5.74) is -3.58. The number of ether oxygens (including phenoxy) is 6. The van der Waals surface area contributed by atoms with E-state index in [2.05, 4.69) is 20.8 Å². The third kappa shape index (κ3) is 8.68. The van der Waals surface area contributed by atoms with Crippen LogP contribution in [0.3, 0.4) is 0 Å². The van der Waals surface area contributed by atoms with E-state index >= 15 is 0 Å². The third-order valence-electron chi connectivity index (χ3n) is 8.79. The van der Waals surface area contributed by atoms with E-state index in [9.17, 15) is 45.0 Å². The molecule has 0 aromatic rings. The topological polar surface area (TPSA) is 326 Å². The Labute approximate surface area is 290 Å². The number of aliphatic hydroxyl groups is 6. The number of hydrogen-bond acceptors (Lipinski definition) is 18. The second kappa shape index (κ2) is 16.8. The highest BCUT2D eigenvalue weighted by molar-refractivity contribution is 5.74. The van der Waals surface area contributed by atoms with Crippen LogP contribution in [-0.4, -0.2) is 171 Å². The molecule has 6 aliphatic heterocycles. The van der Waals surface area contributed by atoms with Crippen molar-refractivity contribution in [1.29, 1.82) is 5.26 Å². The lowest BCUT2D eigenvalue weighted by Gasteiger charge is -2.40. The van der Waals surface area contributed by atoms with Gasteiger partial charge in [0.05, 0.1) is 19.8 Å². The Hall–Kier alpha value is -3.71. The summed E-state index contributed by atoms with van der Waals surface area (Å²) in [6.07, 6.45) is -9.45. The Morgan fingerprint density at radius 3 is 1.61 bits per heavy atom. The molecule has 6 saturated heterocycles. The van der Waals surface area contributed by atoms with Crippen LogP contribution in [0, 0.1) is 17.9 Å². The molecule has 6 heterocycles. The van der Waals surface area contributed by atoms with Gasteiger partial charge >= 0.3 is 6.15 Å². The Morgan fingerprint density at radius 1 is 0.725 bits per heavy atom. The number of carbonyl (C=O) groups is 3. The number of nitrogens with zero attached hydrogens (tertiary/aromatic N) is 2. The fourth-order valence-electron chi connectivity index (χ4n) is 6.20. The smallest absolute Gasteiger partial charge is 0.373 e. The standard InChI is InChI=1S/C10H14N2O5.C9H12N2O5.C9H15NO5.CO2/c1-5(13)12-6-7(14)8(15)10(3-11-2)4-16-9(6)17-10;1-4(12)11-5-6(13)7(14)9(2-10)3-15-8(5)16-9;1-4(11)10-5-6(12)7(13)9(2)3-14-8(5)15-9;2-1-3/h6-9,14-15H,3-4H2,1H3,(H,12,13);5-8,13-14H,3H2,1H3,(H,11,12);5-8,12-13H,3H2,1-2H3,(H,10,11);/t6-,7-,8-,9+,10+;2*5-,6-,7-,8+,9+;/m111./s1. The number of rotatable bonds is 4. The minimum atomic E-state index is -1.53. The first-order chi connectivity index (χ1) is 23.9. The maximum atomic E-state index is 11.0. The first kappa shape index (κ1) is 41.7. The molecule has 6 rings (SSSR count). The molecular weight excluding hydrogens is 690 g/mol. The number of nitriles is 1. The van der Waals surface area contributed by atoms with Crippen LogP contribution in [-0.2, 0) is 52.4 Å². The highest BCUT2D eigenvalue weighted by atomic mass is 16.8. The molecule has 0 aromatic carbocycles. The van der Waals surface area contributed by atoms with Crippen molar-refractivity contribution in [3.8, 4) is 6.07 Å². The van der Waals surface area contributed by atoms with Gasteiger partial charge in [-0.1, -0.05) is 0 Å². The second-order valence-electron chi connectivity index (χ2n) is 12.7. The number of carbonyl (C=O) groups excluding carboxylic acids is 5. The zero-order valence-corrected chi connectivity index (χ0v) is 27.8. The summed E-state index contributed by atoms with van der Waals surface area (Å²) in [6.45, 7) is 12.5. The van der Waals surface area contributed by atoms with Gasteiger partial charge in [-0.3, -0.25) is 14.4 Å².